The van der Waals surface area contributed by atoms with Gasteiger partial charge in [-0.25, -0.2) is 0 Å². The van der Waals surface area contributed by atoms with Crippen LogP contribution in [-0.4, -0.2) is 47.4 Å². The number of amides is 2. The molecule has 3 rings (SSSR count). The second kappa shape index (κ2) is 13.5. The summed E-state index contributed by atoms with van der Waals surface area (Å²) < 4.78 is 5.80. The summed E-state index contributed by atoms with van der Waals surface area (Å²) in [5.74, 6) is 0.0615. The molecule has 1 aromatic heterocycles. The van der Waals surface area contributed by atoms with Gasteiger partial charge in [-0.3, -0.25) is 9.59 Å². The van der Waals surface area contributed by atoms with Gasteiger partial charge in [0.05, 0.1) is 19.2 Å². The first-order valence-electron chi connectivity index (χ1n) is 12.3. The molecule has 0 unspecified atom stereocenters. The van der Waals surface area contributed by atoms with E-state index >= 15 is 0 Å². The Bertz CT molecular complexity index is 861. The zero-order valence-corrected chi connectivity index (χ0v) is 20.9. The summed E-state index contributed by atoms with van der Waals surface area (Å²) in [5, 5.41) is 0. The van der Waals surface area contributed by atoms with Gasteiger partial charge in [0.15, 0.2) is 0 Å². The smallest absolute Gasteiger partial charge is 0.242 e. The molecular formula is C27H38N2O3S. The molecule has 1 aliphatic heterocycles. The molecule has 1 aliphatic rings. The van der Waals surface area contributed by atoms with Crippen LogP contribution in [0, 0.1) is 6.92 Å². The largest absolute Gasteiger partial charge is 0.376 e. The molecule has 0 saturated carbocycles. The predicted molar refractivity (Wildman–Crippen MR) is 134 cm³/mol. The van der Waals surface area contributed by atoms with Gasteiger partial charge in [-0.2, -0.15) is 0 Å². The Balaban J connectivity index is 1.69. The SMILES string of the molecule is CCCCCCC(=O)N(CC(=O)N(Cc1ccccc1)Cc1ccc(C)s1)C[C@H]1CCCO1. The second-order valence-electron chi connectivity index (χ2n) is 8.97. The number of thiophene rings is 1. The number of carbonyl (C=O) groups is 2. The Kier molecular flexibility index (Phi) is 10.4. The highest BCUT2D eigenvalue weighted by atomic mass is 32.1. The topological polar surface area (TPSA) is 49.9 Å². The minimum absolute atomic E-state index is 0.00943. The first-order valence-corrected chi connectivity index (χ1v) is 13.1. The van der Waals surface area contributed by atoms with Crippen molar-refractivity contribution in [1.82, 2.24) is 9.80 Å². The number of nitrogens with zero attached hydrogens (tertiary/aromatic N) is 2. The molecule has 2 aromatic rings. The molecule has 0 aliphatic carbocycles. The van der Waals surface area contributed by atoms with E-state index in [4.69, 9.17) is 4.74 Å². The van der Waals surface area contributed by atoms with E-state index in [2.05, 4.69) is 26.0 Å². The van der Waals surface area contributed by atoms with Crippen molar-refractivity contribution in [3.8, 4) is 0 Å². The molecule has 5 nitrogen and oxygen atoms in total. The molecule has 1 saturated heterocycles. The average Bonchev–Trinajstić information content (AvgIpc) is 3.48. The number of hydrogen-bond donors (Lipinski definition) is 0. The number of carbonyl (C=O) groups excluding carboxylic acids is 2. The quantitative estimate of drug-likeness (QED) is 0.360. The van der Waals surface area contributed by atoms with Crippen LogP contribution in [0.4, 0.5) is 0 Å². The fourth-order valence-electron chi connectivity index (χ4n) is 4.21. The number of ether oxygens (including phenoxy) is 1. The van der Waals surface area contributed by atoms with Gasteiger partial charge in [-0.05, 0) is 43.9 Å². The van der Waals surface area contributed by atoms with E-state index < -0.39 is 0 Å². The molecule has 33 heavy (non-hydrogen) atoms. The lowest BCUT2D eigenvalue weighted by Crippen LogP contribution is -2.45. The highest BCUT2D eigenvalue weighted by Gasteiger charge is 2.26. The molecule has 6 heteroatoms. The summed E-state index contributed by atoms with van der Waals surface area (Å²) in [6, 6.07) is 14.3. The summed E-state index contributed by atoms with van der Waals surface area (Å²) in [5.41, 5.74) is 1.09. The Labute approximate surface area is 202 Å². The van der Waals surface area contributed by atoms with Crippen LogP contribution in [0.1, 0.15) is 67.2 Å². The molecule has 0 spiro atoms. The molecule has 1 atom stereocenters. The Hall–Kier alpha value is -2.18. The third-order valence-corrected chi connectivity index (χ3v) is 7.07. The van der Waals surface area contributed by atoms with Crippen LogP contribution in [0.25, 0.3) is 0 Å². The molecule has 1 fully saturated rings. The van der Waals surface area contributed by atoms with Crippen LogP contribution >= 0.6 is 11.3 Å². The fourth-order valence-corrected chi connectivity index (χ4v) is 5.11. The number of benzene rings is 1. The van der Waals surface area contributed by atoms with Gasteiger partial charge >= 0.3 is 0 Å². The van der Waals surface area contributed by atoms with Crippen LogP contribution in [0.2, 0.25) is 0 Å². The van der Waals surface area contributed by atoms with Crippen molar-refractivity contribution in [3.63, 3.8) is 0 Å². The summed E-state index contributed by atoms with van der Waals surface area (Å²) in [7, 11) is 0. The number of rotatable bonds is 13. The van der Waals surface area contributed by atoms with Gasteiger partial charge in [0.2, 0.25) is 11.8 Å². The lowest BCUT2D eigenvalue weighted by Gasteiger charge is -2.29. The van der Waals surface area contributed by atoms with Crippen LogP contribution in [0.15, 0.2) is 42.5 Å². The zero-order valence-electron chi connectivity index (χ0n) is 20.1. The highest BCUT2D eigenvalue weighted by molar-refractivity contribution is 7.11. The molecule has 2 heterocycles. The Morgan fingerprint density at radius 1 is 1.00 bits per heavy atom. The highest BCUT2D eigenvalue weighted by Crippen LogP contribution is 2.20. The normalized spacial score (nSPS) is 15.5. The molecule has 0 radical (unpaired) electrons. The van der Waals surface area contributed by atoms with Crippen molar-refractivity contribution in [1.29, 1.82) is 0 Å². The lowest BCUT2D eigenvalue weighted by molar-refractivity contribution is -0.142. The van der Waals surface area contributed by atoms with Crippen LogP contribution in [0.3, 0.4) is 0 Å². The maximum atomic E-state index is 13.5. The number of unbranched alkanes of at least 4 members (excludes halogenated alkanes) is 3. The first kappa shape index (κ1) is 25.4. The molecule has 1 aromatic carbocycles. The van der Waals surface area contributed by atoms with Crippen LogP contribution < -0.4 is 0 Å². The van der Waals surface area contributed by atoms with Gasteiger partial charge in [0.25, 0.3) is 0 Å². The Morgan fingerprint density at radius 3 is 2.48 bits per heavy atom. The molecular weight excluding hydrogens is 432 g/mol. The summed E-state index contributed by atoms with van der Waals surface area (Å²) in [6.45, 7) is 6.72. The van der Waals surface area contributed by atoms with E-state index in [0.29, 0.717) is 26.1 Å². The number of aryl methyl sites for hydroxylation is 1. The van der Waals surface area contributed by atoms with Crippen molar-refractivity contribution in [2.24, 2.45) is 0 Å². The van der Waals surface area contributed by atoms with Crippen molar-refractivity contribution in [2.75, 3.05) is 19.7 Å². The number of hydrogen-bond acceptors (Lipinski definition) is 4. The third kappa shape index (κ3) is 8.59. The molecule has 2 amide bonds. The van der Waals surface area contributed by atoms with Gasteiger partial charge < -0.3 is 14.5 Å². The zero-order chi connectivity index (χ0) is 23.5. The minimum atomic E-state index is -0.00943. The van der Waals surface area contributed by atoms with Gasteiger partial charge in [0.1, 0.15) is 0 Å². The first-order chi connectivity index (χ1) is 16.0. The predicted octanol–water partition coefficient (Wildman–Crippen LogP) is 5.56. The van der Waals surface area contributed by atoms with Crippen molar-refractivity contribution >= 4 is 23.2 Å². The van der Waals surface area contributed by atoms with Crippen LogP contribution in [0.5, 0.6) is 0 Å². The fraction of sp³-hybridized carbons (Fsp3) is 0.556. The minimum Gasteiger partial charge on any atom is -0.376 e. The van der Waals surface area contributed by atoms with Crippen molar-refractivity contribution < 1.29 is 14.3 Å². The summed E-state index contributed by atoms with van der Waals surface area (Å²) >= 11 is 1.72. The maximum Gasteiger partial charge on any atom is 0.242 e. The van der Waals surface area contributed by atoms with E-state index in [1.54, 1.807) is 16.2 Å². The summed E-state index contributed by atoms with van der Waals surface area (Å²) in [6.07, 6.45) is 6.74. The average molecular weight is 471 g/mol. The summed E-state index contributed by atoms with van der Waals surface area (Å²) in [4.78, 5) is 32.6. The van der Waals surface area contributed by atoms with Gasteiger partial charge in [0, 0.05) is 35.9 Å². The third-order valence-electron chi connectivity index (χ3n) is 6.08. The van der Waals surface area contributed by atoms with Gasteiger partial charge in [-0.15, -0.1) is 11.3 Å². The standard InChI is InChI=1S/C27H38N2O3S/c1-3-4-5-9-14-26(30)29(19-24-13-10-17-32-24)21-27(31)28(18-23-11-7-6-8-12-23)20-25-16-15-22(2)33-25/h6-8,11-12,15-16,24H,3-5,9-10,13-14,17-21H2,1-2H3/t24-/m1/s1. The van der Waals surface area contributed by atoms with E-state index in [1.165, 1.54) is 4.88 Å². The molecule has 0 bridgehead atoms. The lowest BCUT2D eigenvalue weighted by atomic mass is 10.1. The van der Waals surface area contributed by atoms with Gasteiger partial charge in [-0.1, -0.05) is 56.5 Å². The van der Waals surface area contributed by atoms with Crippen molar-refractivity contribution in [2.45, 2.75) is 78.0 Å². The molecule has 180 valence electrons. The van der Waals surface area contributed by atoms with Crippen molar-refractivity contribution in [3.05, 3.63) is 57.8 Å². The monoisotopic (exact) mass is 470 g/mol. The van der Waals surface area contributed by atoms with E-state index in [9.17, 15) is 9.59 Å². The van der Waals surface area contributed by atoms with E-state index in [1.807, 2.05) is 35.2 Å². The maximum absolute atomic E-state index is 13.5. The second-order valence-corrected chi connectivity index (χ2v) is 10.3. The van der Waals surface area contributed by atoms with E-state index in [0.717, 1.165) is 55.6 Å². The Morgan fingerprint density at radius 2 is 1.82 bits per heavy atom. The van der Waals surface area contributed by atoms with E-state index in [-0.39, 0.29) is 24.5 Å². The van der Waals surface area contributed by atoms with Crippen LogP contribution in [-0.2, 0) is 27.4 Å². The molecule has 0 N–H and O–H groups in total.